The van der Waals surface area contributed by atoms with E-state index in [1.54, 1.807) is 11.3 Å². The Bertz CT molecular complexity index is 940. The molecule has 9 heteroatoms. The number of carbonyl (C=O) groups is 1. The third-order valence-electron chi connectivity index (χ3n) is 4.49. The Hall–Kier alpha value is -1.45. The van der Waals surface area contributed by atoms with E-state index in [4.69, 9.17) is 16.3 Å². The lowest BCUT2D eigenvalue weighted by atomic mass is 10.2. The SMILES string of the molecule is C[C@@H]1CN(C(=O)c2nc3sccn3c2CNCc2ccc(Cl)s2)C[C@H](C)O1. The van der Waals surface area contributed by atoms with E-state index in [2.05, 4.69) is 10.3 Å². The quantitative estimate of drug-likeness (QED) is 0.679. The van der Waals surface area contributed by atoms with Gasteiger partial charge in [-0.15, -0.1) is 22.7 Å². The first-order chi connectivity index (χ1) is 13.0. The van der Waals surface area contributed by atoms with Gasteiger partial charge >= 0.3 is 0 Å². The second-order valence-corrected chi connectivity index (χ2v) is 9.41. The molecule has 1 N–H and O–H groups in total. The largest absolute Gasteiger partial charge is 0.372 e. The maximum atomic E-state index is 13.2. The van der Waals surface area contributed by atoms with Crippen LogP contribution >= 0.6 is 34.3 Å². The Morgan fingerprint density at radius 2 is 2.11 bits per heavy atom. The van der Waals surface area contributed by atoms with Crippen LogP contribution in [0.15, 0.2) is 23.7 Å². The van der Waals surface area contributed by atoms with Gasteiger partial charge < -0.3 is 15.0 Å². The molecule has 0 saturated carbocycles. The van der Waals surface area contributed by atoms with Crippen LogP contribution in [0.4, 0.5) is 0 Å². The normalized spacial score (nSPS) is 20.5. The van der Waals surface area contributed by atoms with Crippen molar-refractivity contribution in [1.82, 2.24) is 19.6 Å². The highest BCUT2D eigenvalue weighted by molar-refractivity contribution is 7.16. The number of thiophene rings is 1. The summed E-state index contributed by atoms with van der Waals surface area (Å²) in [5.74, 6) is -0.0242. The molecule has 1 amide bonds. The molecule has 0 bridgehead atoms. The number of rotatable bonds is 5. The molecule has 144 valence electrons. The topological polar surface area (TPSA) is 58.9 Å². The van der Waals surface area contributed by atoms with Crippen LogP contribution in [0, 0.1) is 0 Å². The summed E-state index contributed by atoms with van der Waals surface area (Å²) in [6, 6.07) is 3.91. The molecule has 27 heavy (non-hydrogen) atoms. The third kappa shape index (κ3) is 4.05. The first-order valence-corrected chi connectivity index (χ1v) is 10.9. The van der Waals surface area contributed by atoms with Gasteiger partial charge in [-0.2, -0.15) is 0 Å². The summed E-state index contributed by atoms with van der Waals surface area (Å²) in [6.07, 6.45) is 2.03. The highest BCUT2D eigenvalue weighted by Crippen LogP contribution is 2.23. The molecule has 3 aromatic rings. The zero-order valence-electron chi connectivity index (χ0n) is 15.1. The van der Waals surface area contributed by atoms with Crippen molar-refractivity contribution < 1.29 is 9.53 Å². The molecule has 4 heterocycles. The van der Waals surface area contributed by atoms with Gasteiger partial charge in [-0.3, -0.25) is 9.20 Å². The molecule has 1 fully saturated rings. The molecule has 1 saturated heterocycles. The van der Waals surface area contributed by atoms with E-state index in [9.17, 15) is 4.79 Å². The zero-order valence-corrected chi connectivity index (χ0v) is 17.5. The molecule has 2 atom stereocenters. The van der Waals surface area contributed by atoms with E-state index in [1.807, 2.05) is 46.9 Å². The predicted molar refractivity (Wildman–Crippen MR) is 109 cm³/mol. The van der Waals surface area contributed by atoms with Crippen LogP contribution in [-0.4, -0.2) is 45.5 Å². The number of morpholine rings is 1. The van der Waals surface area contributed by atoms with Gasteiger partial charge in [0.2, 0.25) is 0 Å². The molecule has 6 nitrogen and oxygen atoms in total. The fourth-order valence-electron chi connectivity index (χ4n) is 3.42. The molecule has 0 unspecified atom stereocenters. The number of imidazole rings is 1. The fourth-order valence-corrected chi connectivity index (χ4v) is 5.21. The monoisotopic (exact) mass is 424 g/mol. The lowest BCUT2D eigenvalue weighted by Crippen LogP contribution is -2.48. The smallest absolute Gasteiger partial charge is 0.274 e. The fraction of sp³-hybridized carbons (Fsp3) is 0.444. The molecule has 3 aromatic heterocycles. The number of halogens is 1. The van der Waals surface area contributed by atoms with Gasteiger partial charge in [0.05, 0.1) is 22.2 Å². The summed E-state index contributed by atoms with van der Waals surface area (Å²) < 4.78 is 8.53. The Morgan fingerprint density at radius 3 is 2.81 bits per heavy atom. The van der Waals surface area contributed by atoms with E-state index in [0.29, 0.717) is 31.9 Å². The van der Waals surface area contributed by atoms with Crippen molar-refractivity contribution in [2.75, 3.05) is 13.1 Å². The summed E-state index contributed by atoms with van der Waals surface area (Å²) in [6.45, 7) is 6.44. The molecule has 1 aliphatic rings. The van der Waals surface area contributed by atoms with Gasteiger partial charge in [-0.1, -0.05) is 11.6 Å². The van der Waals surface area contributed by atoms with Crippen molar-refractivity contribution in [3.63, 3.8) is 0 Å². The van der Waals surface area contributed by atoms with Gasteiger partial charge in [0.1, 0.15) is 0 Å². The second-order valence-electron chi connectivity index (χ2n) is 6.74. The summed E-state index contributed by atoms with van der Waals surface area (Å²) >= 11 is 9.09. The molecule has 1 aliphatic heterocycles. The predicted octanol–water partition coefficient (Wildman–Crippen LogP) is 3.65. The van der Waals surface area contributed by atoms with E-state index in [1.165, 1.54) is 11.3 Å². The Labute approximate surface area is 170 Å². The number of amides is 1. The van der Waals surface area contributed by atoms with Crippen LogP contribution < -0.4 is 5.32 Å². The molecular formula is C18H21ClN4O2S2. The van der Waals surface area contributed by atoms with Gasteiger partial charge in [-0.25, -0.2) is 4.98 Å². The van der Waals surface area contributed by atoms with Crippen molar-refractivity contribution in [2.24, 2.45) is 0 Å². The standard InChI is InChI=1S/C18H21ClN4O2S2/c1-11-9-22(10-12(2)25-11)17(24)16-14(23-5-6-26-18(23)21-16)8-20-7-13-3-4-15(19)27-13/h3-6,11-12,20H,7-10H2,1-2H3/t11-,12+. The highest BCUT2D eigenvalue weighted by atomic mass is 35.5. The van der Waals surface area contributed by atoms with Crippen molar-refractivity contribution in [3.8, 4) is 0 Å². The summed E-state index contributed by atoms with van der Waals surface area (Å²) in [4.78, 5) is 21.6. The van der Waals surface area contributed by atoms with Crippen LogP contribution in [0.1, 0.15) is 34.9 Å². The Balaban J connectivity index is 1.54. The van der Waals surface area contributed by atoms with Crippen LogP contribution in [0.25, 0.3) is 4.96 Å². The molecule has 0 aliphatic carbocycles. The highest BCUT2D eigenvalue weighted by Gasteiger charge is 2.30. The van der Waals surface area contributed by atoms with Crippen LogP contribution in [0.5, 0.6) is 0 Å². The minimum atomic E-state index is -0.0242. The molecular weight excluding hydrogens is 404 g/mol. The summed E-state index contributed by atoms with van der Waals surface area (Å²) in [5, 5.41) is 5.40. The van der Waals surface area contributed by atoms with E-state index >= 15 is 0 Å². The molecule has 0 spiro atoms. The van der Waals surface area contributed by atoms with E-state index in [0.717, 1.165) is 19.9 Å². The minimum Gasteiger partial charge on any atom is -0.372 e. The summed E-state index contributed by atoms with van der Waals surface area (Å²) in [7, 11) is 0. The molecule has 4 rings (SSSR count). The average molecular weight is 425 g/mol. The first-order valence-electron chi connectivity index (χ1n) is 8.85. The number of nitrogens with one attached hydrogen (secondary N) is 1. The number of hydrogen-bond acceptors (Lipinski definition) is 6. The van der Waals surface area contributed by atoms with Gasteiger partial charge in [0, 0.05) is 42.6 Å². The summed E-state index contributed by atoms with van der Waals surface area (Å²) in [5.41, 5.74) is 1.42. The van der Waals surface area contributed by atoms with Gasteiger partial charge in [-0.05, 0) is 26.0 Å². The number of hydrogen-bond donors (Lipinski definition) is 1. The Kier molecular flexibility index (Phi) is 5.52. The number of nitrogens with zero attached hydrogens (tertiary/aromatic N) is 3. The number of ether oxygens (including phenoxy) is 1. The van der Waals surface area contributed by atoms with Crippen molar-refractivity contribution in [3.05, 3.63) is 44.3 Å². The second kappa shape index (κ2) is 7.89. The number of aromatic nitrogens is 2. The van der Waals surface area contributed by atoms with Crippen LogP contribution in [-0.2, 0) is 17.8 Å². The lowest BCUT2D eigenvalue weighted by Gasteiger charge is -2.35. The molecule has 0 aromatic carbocycles. The lowest BCUT2D eigenvalue weighted by molar-refractivity contribution is -0.0587. The maximum absolute atomic E-state index is 13.2. The van der Waals surface area contributed by atoms with Crippen molar-refractivity contribution in [2.45, 2.75) is 39.1 Å². The van der Waals surface area contributed by atoms with Gasteiger partial charge in [0.15, 0.2) is 10.7 Å². The van der Waals surface area contributed by atoms with Crippen LogP contribution in [0.2, 0.25) is 4.34 Å². The van der Waals surface area contributed by atoms with Crippen molar-refractivity contribution in [1.29, 1.82) is 0 Å². The molecule has 0 radical (unpaired) electrons. The zero-order chi connectivity index (χ0) is 19.0. The average Bonchev–Trinajstić information content (AvgIpc) is 3.30. The maximum Gasteiger partial charge on any atom is 0.274 e. The Morgan fingerprint density at radius 1 is 1.33 bits per heavy atom. The van der Waals surface area contributed by atoms with Crippen molar-refractivity contribution >= 4 is 45.1 Å². The van der Waals surface area contributed by atoms with E-state index < -0.39 is 0 Å². The number of carbonyl (C=O) groups excluding carboxylic acids is 1. The minimum absolute atomic E-state index is 0.0242. The van der Waals surface area contributed by atoms with Gasteiger partial charge in [0.25, 0.3) is 5.91 Å². The van der Waals surface area contributed by atoms with E-state index in [-0.39, 0.29) is 18.1 Å². The number of thiazole rings is 1. The number of fused-ring (bicyclic) bond motifs is 1. The first kappa shape index (κ1) is 18.9. The third-order valence-corrected chi connectivity index (χ3v) is 6.48. The van der Waals surface area contributed by atoms with Crippen LogP contribution in [0.3, 0.4) is 0 Å².